The molecule has 0 unspecified atom stereocenters. The van der Waals surface area contributed by atoms with Crippen molar-refractivity contribution in [3.05, 3.63) is 88.2 Å². The number of nitrogens with zero attached hydrogens (tertiary/aromatic N) is 1. The molecule has 2 aromatic carbocycles. The van der Waals surface area contributed by atoms with Crippen molar-refractivity contribution in [2.24, 2.45) is 17.6 Å². The van der Waals surface area contributed by atoms with E-state index in [1.54, 1.807) is 0 Å². The maximum absolute atomic E-state index is 5.99. The first-order chi connectivity index (χ1) is 17.0. The van der Waals surface area contributed by atoms with Crippen LogP contribution in [0.5, 0.6) is 5.75 Å². The van der Waals surface area contributed by atoms with Crippen molar-refractivity contribution < 1.29 is 4.74 Å². The maximum atomic E-state index is 5.99. The first-order valence-electron chi connectivity index (χ1n) is 13.1. The number of allylic oxidation sites excluding steroid dienone is 3. The Hall–Kier alpha value is -2.80. The van der Waals surface area contributed by atoms with Gasteiger partial charge in [0.1, 0.15) is 5.75 Å². The number of hydrogen-bond donors (Lipinski definition) is 1. The van der Waals surface area contributed by atoms with E-state index in [2.05, 4.69) is 55.7 Å². The standard InChI is InChI=1S/C32H40N2O/c1-24-18-25(2)32(26(3)19-24)23-34(22-29-14-12-27(20-33)13-15-29)21-28-8-7-11-31(17-16-28)35-30-9-5-4-6-10-30/h4-6,9-10,16-19,27,29H,8,12-15,20-23,33H2,1-3H3. The number of rotatable bonds is 9. The normalized spacial score (nSPS) is 19.9. The van der Waals surface area contributed by atoms with Gasteiger partial charge in [0.2, 0.25) is 0 Å². The van der Waals surface area contributed by atoms with Crippen LogP contribution in [0.1, 0.15) is 54.4 Å². The van der Waals surface area contributed by atoms with Gasteiger partial charge in [-0.15, -0.1) is 0 Å². The van der Waals surface area contributed by atoms with E-state index in [1.807, 2.05) is 36.4 Å². The topological polar surface area (TPSA) is 38.5 Å². The summed E-state index contributed by atoms with van der Waals surface area (Å²) in [5.74, 6) is 9.54. The van der Waals surface area contributed by atoms with Gasteiger partial charge in [0, 0.05) is 26.1 Å². The van der Waals surface area contributed by atoms with Crippen LogP contribution in [-0.4, -0.2) is 24.5 Å². The van der Waals surface area contributed by atoms with E-state index >= 15 is 0 Å². The number of aryl methyl sites for hydroxylation is 3. The van der Waals surface area contributed by atoms with Crippen LogP contribution in [0.3, 0.4) is 0 Å². The monoisotopic (exact) mass is 468 g/mol. The number of para-hydroxylation sites is 1. The minimum atomic E-state index is 0.711. The third-order valence-electron chi connectivity index (χ3n) is 7.43. The predicted octanol–water partition coefficient (Wildman–Crippen LogP) is 6.48. The fourth-order valence-electron chi connectivity index (χ4n) is 5.49. The molecule has 3 heteroatoms. The minimum absolute atomic E-state index is 0.711. The van der Waals surface area contributed by atoms with Crippen LogP contribution in [0.25, 0.3) is 0 Å². The lowest BCUT2D eigenvalue weighted by atomic mass is 9.81. The second kappa shape index (κ2) is 12.2. The summed E-state index contributed by atoms with van der Waals surface area (Å²) in [7, 11) is 0. The molecule has 0 aromatic heterocycles. The summed E-state index contributed by atoms with van der Waals surface area (Å²) >= 11 is 0. The van der Waals surface area contributed by atoms with E-state index in [1.165, 1.54) is 53.5 Å². The van der Waals surface area contributed by atoms with Crippen molar-refractivity contribution in [2.45, 2.75) is 59.4 Å². The van der Waals surface area contributed by atoms with E-state index < -0.39 is 0 Å². The van der Waals surface area contributed by atoms with E-state index in [4.69, 9.17) is 10.5 Å². The fraction of sp³-hybridized carbons (Fsp3) is 0.438. The molecule has 0 saturated heterocycles. The smallest absolute Gasteiger partial charge is 0.177 e. The Labute approximate surface area is 212 Å². The van der Waals surface area contributed by atoms with Gasteiger partial charge in [-0.1, -0.05) is 47.9 Å². The van der Waals surface area contributed by atoms with Crippen LogP contribution in [0.4, 0.5) is 0 Å². The van der Waals surface area contributed by atoms with Crippen LogP contribution in [0.2, 0.25) is 0 Å². The van der Waals surface area contributed by atoms with Crippen molar-refractivity contribution in [1.82, 2.24) is 4.90 Å². The Morgan fingerprint density at radius 3 is 2.29 bits per heavy atom. The summed E-state index contributed by atoms with van der Waals surface area (Å²) in [4.78, 5) is 2.66. The van der Waals surface area contributed by atoms with E-state index in [0.29, 0.717) is 11.7 Å². The number of ether oxygens (including phenoxy) is 1. The fourth-order valence-corrected chi connectivity index (χ4v) is 5.49. The van der Waals surface area contributed by atoms with E-state index in [-0.39, 0.29) is 0 Å². The van der Waals surface area contributed by atoms with Gasteiger partial charge in [0.05, 0.1) is 0 Å². The van der Waals surface area contributed by atoms with Crippen molar-refractivity contribution in [3.8, 4) is 17.6 Å². The highest BCUT2D eigenvalue weighted by Gasteiger charge is 2.23. The molecule has 2 aromatic rings. The lowest BCUT2D eigenvalue weighted by Crippen LogP contribution is -2.34. The Morgan fingerprint density at radius 2 is 1.60 bits per heavy atom. The zero-order valence-electron chi connectivity index (χ0n) is 21.6. The van der Waals surface area contributed by atoms with Gasteiger partial charge in [0.25, 0.3) is 0 Å². The third-order valence-corrected chi connectivity index (χ3v) is 7.43. The molecule has 0 radical (unpaired) electrons. The van der Waals surface area contributed by atoms with Gasteiger partial charge in [-0.3, -0.25) is 4.90 Å². The predicted molar refractivity (Wildman–Crippen MR) is 146 cm³/mol. The lowest BCUT2D eigenvalue weighted by Gasteiger charge is -2.33. The largest absolute Gasteiger partial charge is 0.448 e. The van der Waals surface area contributed by atoms with Gasteiger partial charge >= 0.3 is 0 Å². The highest BCUT2D eigenvalue weighted by Crippen LogP contribution is 2.30. The summed E-state index contributed by atoms with van der Waals surface area (Å²) in [6.07, 6.45) is 10.1. The third kappa shape index (κ3) is 7.34. The van der Waals surface area contributed by atoms with Gasteiger partial charge < -0.3 is 10.5 Å². The molecule has 0 atom stereocenters. The van der Waals surface area contributed by atoms with Crippen molar-refractivity contribution >= 4 is 0 Å². The van der Waals surface area contributed by atoms with Gasteiger partial charge in [-0.05, 0) is 111 Å². The Morgan fingerprint density at radius 1 is 0.914 bits per heavy atom. The molecule has 4 rings (SSSR count). The quantitative estimate of drug-likeness (QED) is 0.428. The Kier molecular flexibility index (Phi) is 8.85. The van der Waals surface area contributed by atoms with Crippen LogP contribution in [0.15, 0.2) is 65.9 Å². The zero-order chi connectivity index (χ0) is 24.6. The molecular formula is C32H40N2O. The number of nitrogens with two attached hydrogens (primary N) is 1. The molecule has 2 aliphatic carbocycles. The number of benzene rings is 2. The maximum Gasteiger partial charge on any atom is 0.177 e. The van der Waals surface area contributed by atoms with Crippen LogP contribution < -0.4 is 10.5 Å². The molecule has 0 aliphatic heterocycles. The molecule has 3 nitrogen and oxygen atoms in total. The van der Waals surface area contributed by atoms with Gasteiger partial charge in [0.15, 0.2) is 5.76 Å². The van der Waals surface area contributed by atoms with Crippen LogP contribution in [0, 0.1) is 44.4 Å². The minimum Gasteiger partial charge on any atom is -0.448 e. The Balaban J connectivity index is 1.49. The summed E-state index contributed by atoms with van der Waals surface area (Å²) < 4.78 is 5.99. The molecule has 2 aliphatic rings. The number of hydrogen-bond acceptors (Lipinski definition) is 3. The molecule has 0 heterocycles. The molecule has 1 saturated carbocycles. The molecular weight excluding hydrogens is 428 g/mol. The van der Waals surface area contributed by atoms with E-state index in [0.717, 1.165) is 44.3 Å². The second-order valence-corrected chi connectivity index (χ2v) is 10.4. The molecule has 35 heavy (non-hydrogen) atoms. The van der Waals surface area contributed by atoms with E-state index in [9.17, 15) is 0 Å². The Bertz CT molecular complexity index is 1090. The van der Waals surface area contributed by atoms with Gasteiger partial charge in [-0.2, -0.15) is 0 Å². The first kappa shape index (κ1) is 25.3. The molecule has 2 N–H and O–H groups in total. The SMILES string of the molecule is Cc1cc(C)c(CN(CC2=CC=C(Oc3ccccc3)C#CC2)CC2CCC(CN)CC2)c(C)c1. The highest BCUT2D eigenvalue weighted by molar-refractivity contribution is 5.39. The second-order valence-electron chi connectivity index (χ2n) is 10.4. The average Bonchev–Trinajstić information content (AvgIpc) is 3.07. The first-order valence-corrected chi connectivity index (χ1v) is 13.1. The lowest BCUT2D eigenvalue weighted by molar-refractivity contribution is 0.185. The van der Waals surface area contributed by atoms with Gasteiger partial charge in [-0.25, -0.2) is 0 Å². The molecule has 184 valence electrons. The molecule has 0 spiro atoms. The summed E-state index contributed by atoms with van der Waals surface area (Å²) in [5.41, 5.74) is 12.9. The van der Waals surface area contributed by atoms with Crippen LogP contribution in [-0.2, 0) is 6.54 Å². The van der Waals surface area contributed by atoms with Crippen molar-refractivity contribution in [3.63, 3.8) is 0 Å². The average molecular weight is 469 g/mol. The molecule has 1 fully saturated rings. The highest BCUT2D eigenvalue weighted by atomic mass is 16.5. The van der Waals surface area contributed by atoms with Crippen molar-refractivity contribution in [1.29, 1.82) is 0 Å². The van der Waals surface area contributed by atoms with Crippen LogP contribution >= 0.6 is 0 Å². The van der Waals surface area contributed by atoms with Crippen molar-refractivity contribution in [2.75, 3.05) is 19.6 Å². The summed E-state index contributed by atoms with van der Waals surface area (Å²) in [6, 6.07) is 14.5. The zero-order valence-corrected chi connectivity index (χ0v) is 21.6. The summed E-state index contributed by atoms with van der Waals surface area (Å²) in [5, 5.41) is 0. The molecule has 0 bridgehead atoms. The summed E-state index contributed by atoms with van der Waals surface area (Å²) in [6.45, 7) is 10.6. The molecule has 0 amide bonds.